The van der Waals surface area contributed by atoms with Crippen LogP contribution in [0.25, 0.3) is 0 Å². The first kappa shape index (κ1) is 12.9. The van der Waals surface area contributed by atoms with Gasteiger partial charge in [0.25, 0.3) is 5.91 Å². The van der Waals surface area contributed by atoms with Gasteiger partial charge in [0.1, 0.15) is 5.75 Å². The number of carbonyl (C=O) groups is 1. The van der Waals surface area contributed by atoms with Crippen LogP contribution in [0, 0.1) is 0 Å². The summed E-state index contributed by atoms with van der Waals surface area (Å²) in [4.78, 5) is 14.2. The Kier molecular flexibility index (Phi) is 4.62. The summed E-state index contributed by atoms with van der Waals surface area (Å²) < 4.78 is 5.56. The number of carbonyl (C=O) groups excluding carboxylic acids is 1. The maximum absolute atomic E-state index is 12.3. The Hall–Kier alpha value is -1.51. The molecule has 0 spiro atoms. The van der Waals surface area contributed by atoms with Crippen molar-refractivity contribution < 1.29 is 9.53 Å². The fourth-order valence-electron chi connectivity index (χ4n) is 2.22. The van der Waals surface area contributed by atoms with Crippen LogP contribution < -0.4 is 4.74 Å². The van der Waals surface area contributed by atoms with E-state index in [1.807, 2.05) is 29.2 Å². The molecule has 18 heavy (non-hydrogen) atoms. The second-order valence-corrected chi connectivity index (χ2v) is 4.73. The standard InChI is InChI=1S/C15H21NO2/c1-2-11-18-14-8-6-7-13(12-14)15(17)16-9-4-3-5-10-16/h6-8,12H,2-5,9-11H2,1H3. The van der Waals surface area contributed by atoms with Crippen LogP contribution in [-0.4, -0.2) is 30.5 Å². The van der Waals surface area contributed by atoms with E-state index in [4.69, 9.17) is 4.74 Å². The van der Waals surface area contributed by atoms with E-state index in [2.05, 4.69) is 6.92 Å². The SMILES string of the molecule is CCCOc1cccc(C(=O)N2CCCCC2)c1. The highest BCUT2D eigenvalue weighted by molar-refractivity contribution is 5.94. The Labute approximate surface area is 109 Å². The van der Waals surface area contributed by atoms with Gasteiger partial charge in [-0.05, 0) is 43.9 Å². The summed E-state index contributed by atoms with van der Waals surface area (Å²) in [7, 11) is 0. The van der Waals surface area contributed by atoms with Crippen molar-refractivity contribution in [2.24, 2.45) is 0 Å². The number of benzene rings is 1. The van der Waals surface area contributed by atoms with Crippen LogP contribution in [-0.2, 0) is 0 Å². The first-order valence-corrected chi connectivity index (χ1v) is 6.83. The van der Waals surface area contributed by atoms with Gasteiger partial charge in [0.15, 0.2) is 0 Å². The van der Waals surface area contributed by atoms with Crippen LogP contribution in [0.15, 0.2) is 24.3 Å². The Morgan fingerprint density at radius 3 is 2.78 bits per heavy atom. The van der Waals surface area contributed by atoms with E-state index in [1.165, 1.54) is 6.42 Å². The minimum absolute atomic E-state index is 0.136. The Balaban J connectivity index is 2.04. The molecule has 1 fully saturated rings. The minimum Gasteiger partial charge on any atom is -0.494 e. The monoisotopic (exact) mass is 247 g/mol. The number of nitrogens with zero attached hydrogens (tertiary/aromatic N) is 1. The van der Waals surface area contributed by atoms with E-state index in [1.54, 1.807) is 0 Å². The summed E-state index contributed by atoms with van der Waals surface area (Å²) in [6.45, 7) is 4.54. The van der Waals surface area contributed by atoms with E-state index in [0.29, 0.717) is 6.61 Å². The van der Waals surface area contributed by atoms with E-state index < -0.39 is 0 Å². The molecule has 0 atom stereocenters. The lowest BCUT2D eigenvalue weighted by molar-refractivity contribution is 0.0724. The van der Waals surface area contributed by atoms with Gasteiger partial charge < -0.3 is 9.64 Å². The maximum atomic E-state index is 12.3. The molecule has 1 aliphatic heterocycles. The molecule has 2 rings (SSSR count). The van der Waals surface area contributed by atoms with E-state index in [-0.39, 0.29) is 5.91 Å². The molecule has 0 N–H and O–H groups in total. The summed E-state index contributed by atoms with van der Waals surface area (Å²) in [6, 6.07) is 7.52. The zero-order valence-electron chi connectivity index (χ0n) is 11.0. The van der Waals surface area contributed by atoms with E-state index in [0.717, 1.165) is 43.7 Å². The highest BCUT2D eigenvalue weighted by Gasteiger charge is 2.18. The molecule has 0 aromatic heterocycles. The van der Waals surface area contributed by atoms with Crippen molar-refractivity contribution >= 4 is 5.91 Å². The molecule has 0 unspecified atom stereocenters. The number of piperidine rings is 1. The van der Waals surface area contributed by atoms with Gasteiger partial charge in [-0.3, -0.25) is 4.79 Å². The summed E-state index contributed by atoms with van der Waals surface area (Å²) >= 11 is 0. The van der Waals surface area contributed by atoms with Crippen LogP contribution in [0.2, 0.25) is 0 Å². The highest BCUT2D eigenvalue weighted by atomic mass is 16.5. The molecule has 1 aromatic carbocycles. The summed E-state index contributed by atoms with van der Waals surface area (Å²) in [5.74, 6) is 0.927. The lowest BCUT2D eigenvalue weighted by Gasteiger charge is -2.26. The number of rotatable bonds is 4. The molecule has 1 aromatic rings. The summed E-state index contributed by atoms with van der Waals surface area (Å²) in [5.41, 5.74) is 0.741. The van der Waals surface area contributed by atoms with E-state index >= 15 is 0 Å². The maximum Gasteiger partial charge on any atom is 0.253 e. The summed E-state index contributed by atoms with van der Waals surface area (Å²) in [5, 5.41) is 0. The molecular formula is C15H21NO2. The fraction of sp³-hybridized carbons (Fsp3) is 0.533. The van der Waals surface area contributed by atoms with Gasteiger partial charge in [-0.25, -0.2) is 0 Å². The molecule has 0 radical (unpaired) electrons. The molecule has 1 amide bonds. The Morgan fingerprint density at radius 1 is 1.28 bits per heavy atom. The smallest absolute Gasteiger partial charge is 0.253 e. The van der Waals surface area contributed by atoms with E-state index in [9.17, 15) is 4.79 Å². The molecule has 0 aliphatic carbocycles. The van der Waals surface area contributed by atoms with Gasteiger partial charge in [-0.15, -0.1) is 0 Å². The van der Waals surface area contributed by atoms with Gasteiger partial charge in [-0.1, -0.05) is 13.0 Å². The zero-order valence-corrected chi connectivity index (χ0v) is 11.0. The predicted octanol–water partition coefficient (Wildman–Crippen LogP) is 3.10. The molecule has 3 heteroatoms. The van der Waals surface area contributed by atoms with Crippen molar-refractivity contribution in [2.75, 3.05) is 19.7 Å². The lowest BCUT2D eigenvalue weighted by atomic mass is 10.1. The van der Waals surface area contributed by atoms with Crippen molar-refractivity contribution in [3.63, 3.8) is 0 Å². The Bertz CT molecular complexity index is 397. The minimum atomic E-state index is 0.136. The Morgan fingerprint density at radius 2 is 2.06 bits per heavy atom. The molecule has 0 bridgehead atoms. The lowest BCUT2D eigenvalue weighted by Crippen LogP contribution is -2.35. The van der Waals surface area contributed by atoms with Gasteiger partial charge in [0, 0.05) is 18.7 Å². The zero-order chi connectivity index (χ0) is 12.8. The second-order valence-electron chi connectivity index (χ2n) is 4.73. The first-order chi connectivity index (χ1) is 8.81. The van der Waals surface area contributed by atoms with Gasteiger partial charge in [0.2, 0.25) is 0 Å². The van der Waals surface area contributed by atoms with Crippen LogP contribution in [0.4, 0.5) is 0 Å². The van der Waals surface area contributed by atoms with Crippen LogP contribution in [0.1, 0.15) is 43.0 Å². The molecular weight excluding hydrogens is 226 g/mol. The second kappa shape index (κ2) is 6.43. The van der Waals surface area contributed by atoms with Gasteiger partial charge in [-0.2, -0.15) is 0 Å². The molecule has 98 valence electrons. The normalized spacial score (nSPS) is 15.5. The molecule has 3 nitrogen and oxygen atoms in total. The molecule has 0 saturated carbocycles. The van der Waals surface area contributed by atoms with Crippen molar-refractivity contribution in [2.45, 2.75) is 32.6 Å². The first-order valence-electron chi connectivity index (χ1n) is 6.83. The number of likely N-dealkylation sites (tertiary alicyclic amines) is 1. The summed E-state index contributed by atoms with van der Waals surface area (Å²) in [6.07, 6.45) is 4.46. The number of hydrogen-bond donors (Lipinski definition) is 0. The third-order valence-electron chi connectivity index (χ3n) is 3.20. The van der Waals surface area contributed by atoms with Crippen LogP contribution >= 0.6 is 0 Å². The quantitative estimate of drug-likeness (QED) is 0.818. The molecule has 1 aliphatic rings. The highest BCUT2D eigenvalue weighted by Crippen LogP contribution is 2.17. The number of hydrogen-bond acceptors (Lipinski definition) is 2. The third-order valence-corrected chi connectivity index (χ3v) is 3.20. The largest absolute Gasteiger partial charge is 0.494 e. The number of amides is 1. The average molecular weight is 247 g/mol. The third kappa shape index (κ3) is 3.25. The molecule has 1 saturated heterocycles. The van der Waals surface area contributed by atoms with Gasteiger partial charge >= 0.3 is 0 Å². The predicted molar refractivity (Wildman–Crippen MR) is 72.0 cm³/mol. The van der Waals surface area contributed by atoms with Crippen molar-refractivity contribution in [3.05, 3.63) is 29.8 Å². The van der Waals surface area contributed by atoms with Crippen molar-refractivity contribution in [3.8, 4) is 5.75 Å². The fourth-order valence-corrected chi connectivity index (χ4v) is 2.22. The average Bonchev–Trinajstić information content (AvgIpc) is 2.45. The van der Waals surface area contributed by atoms with Gasteiger partial charge in [0.05, 0.1) is 6.61 Å². The van der Waals surface area contributed by atoms with Crippen molar-refractivity contribution in [1.82, 2.24) is 4.90 Å². The topological polar surface area (TPSA) is 29.5 Å². The number of ether oxygens (including phenoxy) is 1. The van der Waals surface area contributed by atoms with Crippen LogP contribution in [0.5, 0.6) is 5.75 Å². The van der Waals surface area contributed by atoms with Crippen molar-refractivity contribution in [1.29, 1.82) is 0 Å². The van der Waals surface area contributed by atoms with Crippen LogP contribution in [0.3, 0.4) is 0 Å². The molecule has 1 heterocycles.